The van der Waals surface area contributed by atoms with Crippen molar-refractivity contribution in [1.82, 2.24) is 25.5 Å². The summed E-state index contributed by atoms with van der Waals surface area (Å²) in [6, 6.07) is 0.247. The van der Waals surface area contributed by atoms with E-state index >= 15 is 0 Å². The van der Waals surface area contributed by atoms with Gasteiger partial charge in [-0.15, -0.1) is 5.10 Å². The topological polar surface area (TPSA) is 72.7 Å². The summed E-state index contributed by atoms with van der Waals surface area (Å²) < 4.78 is 1.67. The van der Waals surface area contributed by atoms with Crippen LogP contribution in [0.3, 0.4) is 0 Å². The molecular weight excluding hydrogens is 254 g/mol. The third-order valence-corrected chi connectivity index (χ3v) is 4.17. The number of hydrogen-bond acceptors (Lipinski definition) is 4. The molecule has 1 aliphatic carbocycles. The van der Waals surface area contributed by atoms with Gasteiger partial charge in [0.1, 0.15) is 6.54 Å². The summed E-state index contributed by atoms with van der Waals surface area (Å²) in [7, 11) is 0. The molecule has 0 atom stereocenters. The number of amides is 1. The van der Waals surface area contributed by atoms with Crippen LogP contribution in [-0.4, -0.2) is 32.2 Å². The number of rotatable bonds is 6. The van der Waals surface area contributed by atoms with Crippen molar-refractivity contribution in [3.05, 3.63) is 5.82 Å². The normalized spacial score (nSPS) is 16.6. The number of carbonyl (C=O) groups is 1. The molecule has 2 rings (SSSR count). The van der Waals surface area contributed by atoms with Gasteiger partial charge in [-0.2, -0.15) is 0 Å². The Kier molecular flexibility index (Phi) is 5.49. The van der Waals surface area contributed by atoms with Crippen molar-refractivity contribution in [2.75, 3.05) is 0 Å². The van der Waals surface area contributed by atoms with Crippen LogP contribution in [0.4, 0.5) is 0 Å². The van der Waals surface area contributed by atoms with Crippen molar-refractivity contribution in [3.8, 4) is 0 Å². The molecule has 1 aromatic heterocycles. The molecule has 1 fully saturated rings. The minimum absolute atomic E-state index is 0.00283. The van der Waals surface area contributed by atoms with Crippen molar-refractivity contribution in [2.45, 2.75) is 77.3 Å². The molecule has 1 aliphatic rings. The van der Waals surface area contributed by atoms with E-state index in [2.05, 4.69) is 34.7 Å². The molecule has 1 amide bonds. The second kappa shape index (κ2) is 7.36. The zero-order valence-corrected chi connectivity index (χ0v) is 12.5. The van der Waals surface area contributed by atoms with E-state index in [4.69, 9.17) is 0 Å². The van der Waals surface area contributed by atoms with Crippen LogP contribution in [0.15, 0.2) is 0 Å². The molecular formula is C14H25N5O. The minimum atomic E-state index is 0.00283. The molecule has 1 N–H and O–H groups in total. The first-order valence-corrected chi connectivity index (χ1v) is 7.80. The van der Waals surface area contributed by atoms with Gasteiger partial charge in [0.25, 0.3) is 0 Å². The van der Waals surface area contributed by atoms with E-state index in [1.165, 1.54) is 19.3 Å². The lowest BCUT2D eigenvalue weighted by atomic mass is 9.89. The van der Waals surface area contributed by atoms with Gasteiger partial charge in [-0.3, -0.25) is 4.79 Å². The van der Waals surface area contributed by atoms with E-state index in [0.717, 1.165) is 31.5 Å². The summed E-state index contributed by atoms with van der Waals surface area (Å²) in [5, 5.41) is 14.9. The molecule has 1 aromatic rings. The van der Waals surface area contributed by atoms with Crippen LogP contribution in [-0.2, 0) is 11.3 Å². The number of tetrazole rings is 1. The first-order valence-electron chi connectivity index (χ1n) is 7.80. The largest absolute Gasteiger partial charge is 0.352 e. The first kappa shape index (κ1) is 14.9. The standard InChI is InChI=1S/C14H25N5O/c1-3-12(4-2)15-13(20)10-19-14(16-17-18-19)11-8-6-5-7-9-11/h11-12H,3-10H2,1-2H3,(H,15,20). The SMILES string of the molecule is CCC(CC)NC(=O)Cn1nnnc1C1CCCCC1. The lowest BCUT2D eigenvalue weighted by molar-refractivity contribution is -0.122. The van der Waals surface area contributed by atoms with Crippen molar-refractivity contribution in [1.29, 1.82) is 0 Å². The molecule has 112 valence electrons. The van der Waals surface area contributed by atoms with E-state index in [1.807, 2.05) is 0 Å². The molecule has 0 bridgehead atoms. The zero-order valence-electron chi connectivity index (χ0n) is 12.5. The molecule has 6 heteroatoms. The van der Waals surface area contributed by atoms with Gasteiger partial charge < -0.3 is 5.32 Å². The summed E-state index contributed by atoms with van der Waals surface area (Å²) in [6.45, 7) is 4.40. The van der Waals surface area contributed by atoms with Gasteiger partial charge in [-0.05, 0) is 36.1 Å². The number of nitrogens with zero attached hydrogens (tertiary/aromatic N) is 4. The van der Waals surface area contributed by atoms with Crippen LogP contribution < -0.4 is 5.32 Å². The molecule has 6 nitrogen and oxygen atoms in total. The highest BCUT2D eigenvalue weighted by Crippen LogP contribution is 2.30. The van der Waals surface area contributed by atoms with Crippen molar-refractivity contribution < 1.29 is 4.79 Å². The Hall–Kier alpha value is -1.46. The van der Waals surface area contributed by atoms with Gasteiger partial charge in [-0.1, -0.05) is 33.1 Å². The fourth-order valence-electron chi connectivity index (χ4n) is 2.88. The number of hydrogen-bond donors (Lipinski definition) is 1. The maximum Gasteiger partial charge on any atom is 0.242 e. The molecule has 20 heavy (non-hydrogen) atoms. The Labute approximate surface area is 120 Å². The van der Waals surface area contributed by atoms with Gasteiger partial charge in [0.05, 0.1) is 0 Å². The maximum atomic E-state index is 12.0. The molecule has 0 aliphatic heterocycles. The molecule has 0 saturated heterocycles. The highest BCUT2D eigenvalue weighted by Gasteiger charge is 2.22. The van der Waals surface area contributed by atoms with E-state index in [0.29, 0.717) is 5.92 Å². The third-order valence-electron chi connectivity index (χ3n) is 4.17. The molecule has 0 spiro atoms. The van der Waals surface area contributed by atoms with Gasteiger partial charge in [0, 0.05) is 12.0 Å². The smallest absolute Gasteiger partial charge is 0.242 e. The monoisotopic (exact) mass is 279 g/mol. The lowest BCUT2D eigenvalue weighted by Crippen LogP contribution is -2.36. The average molecular weight is 279 g/mol. The number of nitrogens with one attached hydrogen (secondary N) is 1. The fourth-order valence-corrected chi connectivity index (χ4v) is 2.88. The summed E-state index contributed by atoms with van der Waals surface area (Å²) >= 11 is 0. The average Bonchev–Trinajstić information content (AvgIpc) is 2.93. The van der Waals surface area contributed by atoms with E-state index in [1.54, 1.807) is 4.68 Å². The Morgan fingerprint density at radius 2 is 2.00 bits per heavy atom. The third kappa shape index (κ3) is 3.77. The van der Waals surface area contributed by atoms with Gasteiger partial charge in [-0.25, -0.2) is 4.68 Å². The van der Waals surface area contributed by atoms with Crippen LogP contribution in [0.5, 0.6) is 0 Å². The summed E-state index contributed by atoms with van der Waals surface area (Å²) in [4.78, 5) is 12.0. The molecule has 1 heterocycles. The second-order valence-electron chi connectivity index (χ2n) is 5.61. The fraction of sp³-hybridized carbons (Fsp3) is 0.857. The van der Waals surface area contributed by atoms with Crippen LogP contribution in [0.2, 0.25) is 0 Å². The maximum absolute atomic E-state index is 12.0. The van der Waals surface area contributed by atoms with E-state index < -0.39 is 0 Å². The quantitative estimate of drug-likeness (QED) is 0.864. The molecule has 0 aromatic carbocycles. The summed E-state index contributed by atoms with van der Waals surface area (Å²) in [5.74, 6) is 1.30. The second-order valence-corrected chi connectivity index (χ2v) is 5.61. The minimum Gasteiger partial charge on any atom is -0.352 e. The first-order chi connectivity index (χ1) is 9.74. The highest BCUT2D eigenvalue weighted by molar-refractivity contribution is 5.75. The van der Waals surface area contributed by atoms with Crippen molar-refractivity contribution >= 4 is 5.91 Å². The Morgan fingerprint density at radius 1 is 1.30 bits per heavy atom. The number of carbonyl (C=O) groups excluding carboxylic acids is 1. The molecule has 1 saturated carbocycles. The van der Waals surface area contributed by atoms with E-state index in [-0.39, 0.29) is 18.5 Å². The summed E-state index contributed by atoms with van der Waals surface area (Å²) in [6.07, 6.45) is 7.94. The molecule has 0 radical (unpaired) electrons. The van der Waals surface area contributed by atoms with Gasteiger partial charge in [0.2, 0.25) is 5.91 Å². The van der Waals surface area contributed by atoms with Crippen LogP contribution in [0, 0.1) is 0 Å². The van der Waals surface area contributed by atoms with Crippen LogP contribution >= 0.6 is 0 Å². The predicted molar refractivity (Wildman–Crippen MR) is 76.2 cm³/mol. The Bertz CT molecular complexity index is 421. The highest BCUT2D eigenvalue weighted by atomic mass is 16.2. The zero-order chi connectivity index (χ0) is 14.4. The predicted octanol–water partition coefficient (Wildman–Crippen LogP) is 2.03. The summed E-state index contributed by atoms with van der Waals surface area (Å²) in [5.41, 5.74) is 0. The van der Waals surface area contributed by atoms with Crippen LogP contribution in [0.1, 0.15) is 70.5 Å². The number of aromatic nitrogens is 4. The molecule has 0 unspecified atom stereocenters. The lowest BCUT2D eigenvalue weighted by Gasteiger charge is -2.20. The van der Waals surface area contributed by atoms with Crippen LogP contribution in [0.25, 0.3) is 0 Å². The Balaban J connectivity index is 1.95. The van der Waals surface area contributed by atoms with Gasteiger partial charge >= 0.3 is 0 Å². The van der Waals surface area contributed by atoms with Crippen molar-refractivity contribution in [3.63, 3.8) is 0 Å². The Morgan fingerprint density at radius 3 is 2.65 bits per heavy atom. The van der Waals surface area contributed by atoms with Crippen molar-refractivity contribution in [2.24, 2.45) is 0 Å². The van der Waals surface area contributed by atoms with E-state index in [9.17, 15) is 4.79 Å². The van der Waals surface area contributed by atoms with Gasteiger partial charge in [0.15, 0.2) is 5.82 Å².